The molecule has 0 radical (unpaired) electrons. The monoisotopic (exact) mass is 304 g/mol. The Morgan fingerprint density at radius 1 is 1.45 bits per heavy atom. The molecule has 2 aromatic rings. The molecule has 0 aliphatic rings. The number of methoxy groups -OCH3 is 1. The molecule has 0 bridgehead atoms. The second-order valence-corrected chi connectivity index (χ2v) is 5.05. The number of nitrogens with one attached hydrogen (secondary N) is 1. The van der Waals surface area contributed by atoms with Crippen molar-refractivity contribution in [1.82, 2.24) is 20.4 Å². The van der Waals surface area contributed by atoms with E-state index in [4.69, 9.17) is 9.26 Å². The van der Waals surface area contributed by atoms with E-state index in [1.165, 1.54) is 0 Å². The average Bonchev–Trinajstić information content (AvgIpc) is 3.02. The molecule has 2 rings (SSSR count). The zero-order valence-corrected chi connectivity index (χ0v) is 12.9. The van der Waals surface area contributed by atoms with Gasteiger partial charge in [-0.3, -0.25) is 9.78 Å². The Bertz CT molecular complexity index is 600. The summed E-state index contributed by atoms with van der Waals surface area (Å²) in [4.78, 5) is 20.1. The number of amides is 1. The number of hydrogen-bond acceptors (Lipinski definition) is 6. The number of carbonyl (C=O) groups is 1. The van der Waals surface area contributed by atoms with Crippen molar-refractivity contribution in [2.24, 2.45) is 0 Å². The fraction of sp³-hybridized carbons (Fsp3) is 0.467. The van der Waals surface area contributed by atoms with Gasteiger partial charge >= 0.3 is 0 Å². The molecule has 2 aromatic heterocycles. The molecule has 0 aliphatic carbocycles. The van der Waals surface area contributed by atoms with Gasteiger partial charge in [-0.2, -0.15) is 4.98 Å². The van der Waals surface area contributed by atoms with Gasteiger partial charge in [0.2, 0.25) is 17.6 Å². The second-order valence-electron chi connectivity index (χ2n) is 5.05. The van der Waals surface area contributed by atoms with Crippen LogP contribution in [0.15, 0.2) is 29.0 Å². The average molecular weight is 304 g/mol. The Labute approximate surface area is 129 Å². The minimum absolute atomic E-state index is 0.0375. The number of rotatable bonds is 7. The molecule has 0 aromatic carbocycles. The van der Waals surface area contributed by atoms with Crippen LogP contribution in [0.5, 0.6) is 0 Å². The summed E-state index contributed by atoms with van der Waals surface area (Å²) in [5, 5.41) is 6.76. The highest BCUT2D eigenvalue weighted by Gasteiger charge is 2.15. The van der Waals surface area contributed by atoms with Crippen molar-refractivity contribution in [2.45, 2.75) is 38.8 Å². The summed E-state index contributed by atoms with van der Waals surface area (Å²) >= 11 is 0. The van der Waals surface area contributed by atoms with Crippen molar-refractivity contribution in [3.63, 3.8) is 0 Å². The van der Waals surface area contributed by atoms with Gasteiger partial charge in [0, 0.05) is 37.9 Å². The van der Waals surface area contributed by atoms with E-state index in [-0.39, 0.29) is 24.5 Å². The van der Waals surface area contributed by atoms with Gasteiger partial charge in [-0.05, 0) is 26.0 Å². The summed E-state index contributed by atoms with van der Waals surface area (Å²) in [6.45, 7) is 3.81. The van der Waals surface area contributed by atoms with Crippen LogP contribution < -0.4 is 5.32 Å². The molecule has 0 aliphatic heterocycles. The number of ether oxygens (including phenoxy) is 1. The number of pyridine rings is 1. The number of aryl methyl sites for hydroxylation is 1. The highest BCUT2D eigenvalue weighted by atomic mass is 16.5. The van der Waals surface area contributed by atoms with Gasteiger partial charge in [-0.1, -0.05) is 5.16 Å². The molecule has 1 amide bonds. The predicted molar refractivity (Wildman–Crippen MR) is 79.9 cm³/mol. The Morgan fingerprint density at radius 2 is 2.27 bits per heavy atom. The topological polar surface area (TPSA) is 90.1 Å². The SMILES string of the molecule is CO[C@@H](C)[C@H](C)NC(=O)CCc1nc(-c2cccnc2)no1. The van der Waals surface area contributed by atoms with Crippen LogP contribution >= 0.6 is 0 Å². The van der Waals surface area contributed by atoms with E-state index in [1.807, 2.05) is 19.9 Å². The first-order chi connectivity index (χ1) is 10.6. The van der Waals surface area contributed by atoms with Crippen molar-refractivity contribution in [3.8, 4) is 11.4 Å². The van der Waals surface area contributed by atoms with Gasteiger partial charge in [0.25, 0.3) is 0 Å². The fourth-order valence-corrected chi connectivity index (χ4v) is 1.84. The third-order valence-electron chi connectivity index (χ3n) is 3.42. The summed E-state index contributed by atoms with van der Waals surface area (Å²) in [7, 11) is 1.62. The smallest absolute Gasteiger partial charge is 0.227 e. The van der Waals surface area contributed by atoms with Crippen molar-refractivity contribution in [2.75, 3.05) is 7.11 Å². The molecule has 118 valence electrons. The maximum Gasteiger partial charge on any atom is 0.227 e. The molecule has 7 nitrogen and oxygen atoms in total. The molecule has 7 heteroatoms. The Hall–Kier alpha value is -2.28. The lowest BCUT2D eigenvalue weighted by atomic mass is 10.2. The second kappa shape index (κ2) is 7.65. The van der Waals surface area contributed by atoms with Crippen molar-refractivity contribution >= 4 is 5.91 Å². The molecule has 2 atom stereocenters. The van der Waals surface area contributed by atoms with Gasteiger partial charge < -0.3 is 14.6 Å². The first kappa shape index (κ1) is 16.1. The number of hydrogen-bond donors (Lipinski definition) is 1. The zero-order chi connectivity index (χ0) is 15.9. The normalized spacial score (nSPS) is 13.6. The minimum atomic E-state index is -0.0717. The van der Waals surface area contributed by atoms with Crippen LogP contribution in [0, 0.1) is 0 Å². The van der Waals surface area contributed by atoms with E-state index in [2.05, 4.69) is 20.4 Å². The summed E-state index contributed by atoms with van der Waals surface area (Å²) in [5.74, 6) is 0.837. The molecule has 0 saturated carbocycles. The van der Waals surface area contributed by atoms with Gasteiger partial charge in [-0.25, -0.2) is 0 Å². The van der Waals surface area contributed by atoms with Crippen molar-refractivity contribution in [1.29, 1.82) is 0 Å². The van der Waals surface area contributed by atoms with Gasteiger partial charge in [0.1, 0.15) is 0 Å². The van der Waals surface area contributed by atoms with Crippen LogP contribution in [0.4, 0.5) is 0 Å². The lowest BCUT2D eigenvalue weighted by Gasteiger charge is -2.19. The van der Waals surface area contributed by atoms with Crippen LogP contribution in [0.2, 0.25) is 0 Å². The Balaban J connectivity index is 1.85. The number of carbonyl (C=O) groups excluding carboxylic acids is 1. The molecule has 0 saturated heterocycles. The van der Waals surface area contributed by atoms with Crippen LogP contribution in [0.25, 0.3) is 11.4 Å². The van der Waals surface area contributed by atoms with Gasteiger partial charge in [0.15, 0.2) is 0 Å². The maximum atomic E-state index is 11.9. The molecule has 2 heterocycles. The zero-order valence-electron chi connectivity index (χ0n) is 12.9. The number of nitrogens with zero attached hydrogens (tertiary/aromatic N) is 3. The highest BCUT2D eigenvalue weighted by molar-refractivity contribution is 5.76. The third-order valence-corrected chi connectivity index (χ3v) is 3.42. The van der Waals surface area contributed by atoms with Crippen LogP contribution in [-0.4, -0.2) is 40.3 Å². The van der Waals surface area contributed by atoms with E-state index in [9.17, 15) is 4.79 Å². The van der Waals surface area contributed by atoms with Crippen LogP contribution in [0.1, 0.15) is 26.2 Å². The molecular formula is C15H20N4O3. The first-order valence-corrected chi connectivity index (χ1v) is 7.15. The summed E-state index contributed by atoms with van der Waals surface area (Å²) < 4.78 is 10.3. The first-order valence-electron chi connectivity index (χ1n) is 7.15. The molecule has 0 fully saturated rings. The standard InChI is InChI=1S/C15H20N4O3/c1-10(11(2)21-3)17-13(20)6-7-14-18-15(19-22-14)12-5-4-8-16-9-12/h4-5,8-11H,6-7H2,1-3H3,(H,17,20)/t10-,11-/m0/s1. The minimum Gasteiger partial charge on any atom is -0.380 e. The summed E-state index contributed by atoms with van der Waals surface area (Å²) in [6.07, 6.45) is 3.99. The lowest BCUT2D eigenvalue weighted by Crippen LogP contribution is -2.40. The van der Waals surface area contributed by atoms with E-state index < -0.39 is 0 Å². The Morgan fingerprint density at radius 3 is 2.95 bits per heavy atom. The predicted octanol–water partition coefficient (Wildman–Crippen LogP) is 1.60. The molecular weight excluding hydrogens is 284 g/mol. The molecule has 0 unspecified atom stereocenters. The summed E-state index contributed by atoms with van der Waals surface area (Å²) in [6, 6.07) is 3.60. The largest absolute Gasteiger partial charge is 0.380 e. The quantitative estimate of drug-likeness (QED) is 0.835. The van der Waals surface area contributed by atoms with Crippen LogP contribution in [-0.2, 0) is 16.0 Å². The molecule has 22 heavy (non-hydrogen) atoms. The Kier molecular flexibility index (Phi) is 5.60. The van der Waals surface area contributed by atoms with Gasteiger partial charge in [0.05, 0.1) is 12.1 Å². The molecule has 1 N–H and O–H groups in total. The van der Waals surface area contributed by atoms with E-state index >= 15 is 0 Å². The highest BCUT2D eigenvalue weighted by Crippen LogP contribution is 2.14. The maximum absolute atomic E-state index is 11.9. The lowest BCUT2D eigenvalue weighted by molar-refractivity contribution is -0.122. The van der Waals surface area contributed by atoms with Gasteiger partial charge in [-0.15, -0.1) is 0 Å². The van der Waals surface area contributed by atoms with Crippen LogP contribution in [0.3, 0.4) is 0 Å². The summed E-state index contributed by atoms with van der Waals surface area (Å²) in [5.41, 5.74) is 0.782. The third kappa shape index (κ3) is 4.36. The fourth-order valence-electron chi connectivity index (χ4n) is 1.84. The van der Waals surface area contributed by atoms with E-state index in [1.54, 1.807) is 25.6 Å². The van der Waals surface area contributed by atoms with E-state index in [0.29, 0.717) is 18.1 Å². The van der Waals surface area contributed by atoms with Crippen molar-refractivity contribution < 1.29 is 14.1 Å². The molecule has 0 spiro atoms. The van der Waals surface area contributed by atoms with Crippen molar-refractivity contribution in [3.05, 3.63) is 30.4 Å². The van der Waals surface area contributed by atoms with E-state index in [0.717, 1.165) is 5.56 Å². The number of aromatic nitrogens is 3.